The summed E-state index contributed by atoms with van der Waals surface area (Å²) in [4.78, 5) is 1.47. The summed E-state index contributed by atoms with van der Waals surface area (Å²) in [5.74, 6) is 1.27. The lowest BCUT2D eigenvalue weighted by atomic mass is 10.0. The summed E-state index contributed by atoms with van der Waals surface area (Å²) in [5, 5.41) is 0. The van der Waals surface area contributed by atoms with Gasteiger partial charge in [-0.25, -0.2) is 0 Å². The van der Waals surface area contributed by atoms with Gasteiger partial charge >= 0.3 is 0 Å². The van der Waals surface area contributed by atoms with Gasteiger partial charge in [0.25, 0.3) is 0 Å². The summed E-state index contributed by atoms with van der Waals surface area (Å²) in [6, 6.07) is 15.1. The summed E-state index contributed by atoms with van der Waals surface area (Å²) in [6.07, 6.45) is 3.54. The summed E-state index contributed by atoms with van der Waals surface area (Å²) < 4.78 is 0. The minimum atomic E-state index is 0.834. The van der Waals surface area contributed by atoms with Crippen LogP contribution in [0.15, 0.2) is 47.4 Å². The summed E-state index contributed by atoms with van der Waals surface area (Å²) in [6.45, 7) is 0. The third kappa shape index (κ3) is 2.54. The third-order valence-electron chi connectivity index (χ3n) is 3.36. The van der Waals surface area contributed by atoms with Crippen molar-refractivity contribution in [3.8, 4) is 0 Å². The number of thioether (sulfide) groups is 1. The van der Waals surface area contributed by atoms with Gasteiger partial charge in [-0.3, -0.25) is 0 Å². The number of nitrogens with two attached hydrogens (primary N) is 1. The van der Waals surface area contributed by atoms with Gasteiger partial charge in [0, 0.05) is 10.6 Å². The maximum Gasteiger partial charge on any atom is 0.0314 e. The summed E-state index contributed by atoms with van der Waals surface area (Å²) in [5.41, 5.74) is 10.8. The van der Waals surface area contributed by atoms with E-state index in [1.165, 1.54) is 40.2 Å². The molecule has 0 bridgehead atoms. The number of nitrogen functional groups attached to an aromatic ring is 1. The van der Waals surface area contributed by atoms with E-state index in [4.69, 9.17) is 5.73 Å². The molecule has 0 aromatic heterocycles. The Morgan fingerprint density at radius 2 is 1.78 bits per heavy atom. The zero-order valence-electron chi connectivity index (χ0n) is 10.4. The molecular weight excluding hydrogens is 238 g/mol. The fourth-order valence-corrected chi connectivity index (χ4v) is 3.41. The molecule has 0 aliphatic carbocycles. The van der Waals surface area contributed by atoms with Crippen LogP contribution in [0.4, 0.5) is 5.69 Å². The Labute approximate surface area is 112 Å². The average molecular weight is 255 g/mol. The molecule has 2 aromatic rings. The molecule has 92 valence electrons. The lowest BCUT2D eigenvalue weighted by Gasteiger charge is -2.16. The molecule has 1 heterocycles. The van der Waals surface area contributed by atoms with Crippen molar-refractivity contribution < 1.29 is 0 Å². The topological polar surface area (TPSA) is 26.0 Å². The normalized spacial score (nSPS) is 14.2. The molecule has 18 heavy (non-hydrogen) atoms. The number of hydrogen-bond acceptors (Lipinski definition) is 2. The SMILES string of the molecule is Nc1ccc(Cc2ccc3c(c2)CCCS3)cc1. The van der Waals surface area contributed by atoms with Crippen molar-refractivity contribution >= 4 is 17.4 Å². The second-order valence-corrected chi connectivity index (χ2v) is 5.95. The number of fused-ring (bicyclic) bond motifs is 1. The van der Waals surface area contributed by atoms with Gasteiger partial charge in [-0.05, 0) is 59.9 Å². The van der Waals surface area contributed by atoms with Crippen LogP contribution in [0.5, 0.6) is 0 Å². The molecule has 1 nitrogen and oxygen atoms in total. The molecular formula is C16H17NS. The third-order valence-corrected chi connectivity index (χ3v) is 4.56. The van der Waals surface area contributed by atoms with Crippen LogP contribution < -0.4 is 5.73 Å². The Hall–Kier alpha value is -1.41. The molecule has 1 aliphatic heterocycles. The lowest BCUT2D eigenvalue weighted by Crippen LogP contribution is -2.00. The van der Waals surface area contributed by atoms with Crippen LogP contribution in [-0.2, 0) is 12.8 Å². The van der Waals surface area contributed by atoms with Gasteiger partial charge < -0.3 is 5.73 Å². The number of anilines is 1. The maximum atomic E-state index is 5.71. The van der Waals surface area contributed by atoms with Crippen LogP contribution >= 0.6 is 11.8 Å². The van der Waals surface area contributed by atoms with E-state index in [2.05, 4.69) is 30.3 Å². The number of aryl methyl sites for hydroxylation is 1. The monoisotopic (exact) mass is 255 g/mol. The van der Waals surface area contributed by atoms with E-state index in [0.29, 0.717) is 0 Å². The van der Waals surface area contributed by atoms with Crippen LogP contribution in [-0.4, -0.2) is 5.75 Å². The summed E-state index contributed by atoms with van der Waals surface area (Å²) in [7, 11) is 0. The first-order chi connectivity index (χ1) is 8.81. The van der Waals surface area contributed by atoms with Gasteiger partial charge in [-0.2, -0.15) is 0 Å². The predicted octanol–water partition coefficient (Wildman–Crippen LogP) is 3.90. The Kier molecular flexibility index (Phi) is 3.28. The van der Waals surface area contributed by atoms with Crippen molar-refractivity contribution in [2.24, 2.45) is 0 Å². The Morgan fingerprint density at radius 3 is 2.61 bits per heavy atom. The van der Waals surface area contributed by atoms with Gasteiger partial charge in [0.05, 0.1) is 0 Å². The standard InChI is InChI=1S/C16H17NS/c17-15-6-3-12(4-7-15)10-13-5-8-16-14(11-13)2-1-9-18-16/h3-8,11H,1-2,9-10,17H2. The molecule has 2 heteroatoms. The highest BCUT2D eigenvalue weighted by atomic mass is 32.2. The van der Waals surface area contributed by atoms with Crippen LogP contribution in [0.25, 0.3) is 0 Å². The highest BCUT2D eigenvalue weighted by Crippen LogP contribution is 2.30. The molecule has 2 N–H and O–H groups in total. The minimum Gasteiger partial charge on any atom is -0.399 e. The number of benzene rings is 2. The molecule has 0 saturated carbocycles. The second kappa shape index (κ2) is 5.07. The first-order valence-corrected chi connectivity index (χ1v) is 7.39. The van der Waals surface area contributed by atoms with E-state index in [1.54, 1.807) is 0 Å². The zero-order chi connectivity index (χ0) is 12.4. The molecule has 0 atom stereocenters. The molecule has 0 unspecified atom stereocenters. The second-order valence-electron chi connectivity index (χ2n) is 4.81. The highest BCUT2D eigenvalue weighted by molar-refractivity contribution is 7.99. The van der Waals surface area contributed by atoms with E-state index in [1.807, 2.05) is 23.9 Å². The van der Waals surface area contributed by atoms with Gasteiger partial charge in [0.1, 0.15) is 0 Å². The molecule has 2 aromatic carbocycles. The van der Waals surface area contributed by atoms with Crippen LogP contribution in [0, 0.1) is 0 Å². The largest absolute Gasteiger partial charge is 0.399 e. The van der Waals surface area contributed by atoms with E-state index in [-0.39, 0.29) is 0 Å². The predicted molar refractivity (Wildman–Crippen MR) is 79.1 cm³/mol. The first-order valence-electron chi connectivity index (χ1n) is 6.40. The smallest absolute Gasteiger partial charge is 0.0314 e. The molecule has 0 saturated heterocycles. The van der Waals surface area contributed by atoms with Crippen molar-refractivity contribution in [2.45, 2.75) is 24.2 Å². The van der Waals surface area contributed by atoms with Crippen LogP contribution in [0.3, 0.4) is 0 Å². The average Bonchev–Trinajstić information content (AvgIpc) is 2.41. The van der Waals surface area contributed by atoms with Gasteiger partial charge in [-0.1, -0.05) is 24.3 Å². The van der Waals surface area contributed by atoms with E-state index >= 15 is 0 Å². The molecule has 0 amide bonds. The van der Waals surface area contributed by atoms with Gasteiger partial charge in [0.15, 0.2) is 0 Å². The fraction of sp³-hybridized carbons (Fsp3) is 0.250. The van der Waals surface area contributed by atoms with E-state index in [9.17, 15) is 0 Å². The van der Waals surface area contributed by atoms with Gasteiger partial charge in [0.2, 0.25) is 0 Å². The Bertz CT molecular complexity index is 546. The van der Waals surface area contributed by atoms with Crippen molar-refractivity contribution in [1.82, 2.24) is 0 Å². The van der Waals surface area contributed by atoms with Crippen molar-refractivity contribution in [3.05, 3.63) is 59.2 Å². The molecule has 0 radical (unpaired) electrons. The molecule has 1 aliphatic rings. The van der Waals surface area contributed by atoms with Gasteiger partial charge in [-0.15, -0.1) is 11.8 Å². The van der Waals surface area contributed by atoms with Crippen LogP contribution in [0.2, 0.25) is 0 Å². The quantitative estimate of drug-likeness (QED) is 0.824. The van der Waals surface area contributed by atoms with Crippen molar-refractivity contribution in [1.29, 1.82) is 0 Å². The molecule has 0 spiro atoms. The van der Waals surface area contributed by atoms with Crippen molar-refractivity contribution in [3.63, 3.8) is 0 Å². The maximum absolute atomic E-state index is 5.71. The zero-order valence-corrected chi connectivity index (χ0v) is 11.2. The fourth-order valence-electron chi connectivity index (χ4n) is 2.39. The van der Waals surface area contributed by atoms with E-state index < -0.39 is 0 Å². The molecule has 3 rings (SSSR count). The number of rotatable bonds is 2. The molecule has 0 fully saturated rings. The van der Waals surface area contributed by atoms with Crippen molar-refractivity contribution in [2.75, 3.05) is 11.5 Å². The highest BCUT2D eigenvalue weighted by Gasteiger charge is 2.10. The Morgan fingerprint density at radius 1 is 1.00 bits per heavy atom. The lowest BCUT2D eigenvalue weighted by molar-refractivity contribution is 0.885. The number of hydrogen-bond donors (Lipinski definition) is 1. The summed E-state index contributed by atoms with van der Waals surface area (Å²) >= 11 is 1.99. The minimum absolute atomic E-state index is 0.834. The first kappa shape index (κ1) is 11.7. The van der Waals surface area contributed by atoms with Crippen LogP contribution in [0.1, 0.15) is 23.1 Å². The van der Waals surface area contributed by atoms with E-state index in [0.717, 1.165) is 12.1 Å². The Balaban J connectivity index is 1.82.